The molecular weight excluding hydrogens is 322 g/mol. The van der Waals surface area contributed by atoms with Gasteiger partial charge in [-0.2, -0.15) is 0 Å². The van der Waals surface area contributed by atoms with Gasteiger partial charge in [-0.05, 0) is 50.4 Å². The van der Waals surface area contributed by atoms with E-state index in [0.29, 0.717) is 18.3 Å². The topological polar surface area (TPSA) is 47.6 Å². The van der Waals surface area contributed by atoms with Gasteiger partial charge in [-0.15, -0.1) is 0 Å². The third-order valence-corrected chi connectivity index (χ3v) is 3.83. The number of ether oxygens (including phenoxy) is 2. The maximum atomic E-state index is 12.2. The van der Waals surface area contributed by atoms with Crippen LogP contribution in [-0.4, -0.2) is 26.2 Å². The van der Waals surface area contributed by atoms with Gasteiger partial charge in [-0.3, -0.25) is 0 Å². The second-order valence-electron chi connectivity index (χ2n) is 4.92. The molecule has 2 rings (SSSR count). The van der Waals surface area contributed by atoms with Crippen LogP contribution in [0.3, 0.4) is 0 Å². The van der Waals surface area contributed by atoms with E-state index in [1.807, 2.05) is 25.1 Å². The zero-order valence-corrected chi connectivity index (χ0v) is 13.4. The van der Waals surface area contributed by atoms with Crippen LogP contribution in [0, 0.1) is 5.92 Å². The molecule has 0 aromatic heterocycles. The summed E-state index contributed by atoms with van der Waals surface area (Å²) >= 11 is 3.44. The van der Waals surface area contributed by atoms with Crippen LogP contribution in [0.4, 0.5) is 0 Å². The van der Waals surface area contributed by atoms with Crippen LogP contribution >= 0.6 is 15.9 Å². The van der Waals surface area contributed by atoms with Gasteiger partial charge in [0.25, 0.3) is 0 Å². The van der Waals surface area contributed by atoms with Crippen LogP contribution in [0.25, 0.3) is 0 Å². The van der Waals surface area contributed by atoms with E-state index in [0.717, 1.165) is 16.6 Å². The molecule has 1 atom stereocenters. The maximum Gasteiger partial charge on any atom is 0.327 e. The number of hydrogen-bond donors (Lipinski definition) is 1. The molecule has 5 heteroatoms. The van der Waals surface area contributed by atoms with Gasteiger partial charge in [0.15, 0.2) is 0 Å². The average molecular weight is 342 g/mol. The molecule has 1 unspecified atom stereocenters. The number of carbonyl (C=O) groups is 1. The summed E-state index contributed by atoms with van der Waals surface area (Å²) in [5.74, 6) is 1.11. The SMILES string of the molecule is CCOC(=O)C(NCC1CC1)c1cc(Br)ccc1OC. The van der Waals surface area contributed by atoms with Gasteiger partial charge in [0, 0.05) is 10.0 Å². The summed E-state index contributed by atoms with van der Waals surface area (Å²) in [7, 11) is 1.61. The first kappa shape index (κ1) is 15.3. The van der Waals surface area contributed by atoms with Gasteiger partial charge in [-0.25, -0.2) is 4.79 Å². The smallest absolute Gasteiger partial charge is 0.327 e. The van der Waals surface area contributed by atoms with Crippen molar-refractivity contribution in [2.45, 2.75) is 25.8 Å². The lowest BCUT2D eigenvalue weighted by atomic mass is 10.1. The number of benzene rings is 1. The molecule has 1 fully saturated rings. The fraction of sp³-hybridized carbons (Fsp3) is 0.533. The summed E-state index contributed by atoms with van der Waals surface area (Å²) in [5.41, 5.74) is 0.806. The molecule has 1 aliphatic carbocycles. The van der Waals surface area contributed by atoms with Crippen molar-refractivity contribution in [3.8, 4) is 5.75 Å². The molecule has 0 bridgehead atoms. The Kier molecular flexibility index (Phi) is 5.43. The Morgan fingerprint density at radius 3 is 2.85 bits per heavy atom. The summed E-state index contributed by atoms with van der Waals surface area (Å²) in [6.07, 6.45) is 2.47. The predicted octanol–water partition coefficient (Wildman–Crippen LogP) is 3.06. The summed E-state index contributed by atoms with van der Waals surface area (Å²) in [5, 5.41) is 3.31. The van der Waals surface area contributed by atoms with Crippen LogP contribution in [0.5, 0.6) is 5.75 Å². The van der Waals surface area contributed by atoms with Crippen molar-refractivity contribution >= 4 is 21.9 Å². The van der Waals surface area contributed by atoms with Crippen LogP contribution in [0.2, 0.25) is 0 Å². The number of nitrogens with one attached hydrogen (secondary N) is 1. The lowest BCUT2D eigenvalue weighted by Gasteiger charge is -2.20. The van der Waals surface area contributed by atoms with Crippen molar-refractivity contribution in [1.82, 2.24) is 5.32 Å². The summed E-state index contributed by atoms with van der Waals surface area (Å²) in [4.78, 5) is 12.2. The average Bonchev–Trinajstić information content (AvgIpc) is 3.24. The first-order valence-electron chi connectivity index (χ1n) is 6.89. The first-order valence-corrected chi connectivity index (χ1v) is 7.68. The highest BCUT2D eigenvalue weighted by Gasteiger charge is 2.28. The van der Waals surface area contributed by atoms with Crippen molar-refractivity contribution in [3.63, 3.8) is 0 Å². The molecule has 4 nitrogen and oxygen atoms in total. The molecule has 110 valence electrons. The molecule has 1 aromatic carbocycles. The van der Waals surface area contributed by atoms with Gasteiger partial charge < -0.3 is 14.8 Å². The van der Waals surface area contributed by atoms with Crippen molar-refractivity contribution in [2.24, 2.45) is 5.92 Å². The normalized spacial score (nSPS) is 15.8. The number of esters is 1. The van der Waals surface area contributed by atoms with E-state index < -0.39 is 6.04 Å². The lowest BCUT2D eigenvalue weighted by Crippen LogP contribution is -2.32. The molecule has 20 heavy (non-hydrogen) atoms. The second-order valence-corrected chi connectivity index (χ2v) is 5.84. The number of hydrogen-bond acceptors (Lipinski definition) is 4. The van der Waals surface area contributed by atoms with E-state index in [2.05, 4.69) is 21.2 Å². The third-order valence-electron chi connectivity index (χ3n) is 3.33. The monoisotopic (exact) mass is 341 g/mol. The number of carbonyl (C=O) groups excluding carboxylic acids is 1. The van der Waals surface area contributed by atoms with Crippen LogP contribution in [-0.2, 0) is 9.53 Å². The van der Waals surface area contributed by atoms with Crippen molar-refractivity contribution in [1.29, 1.82) is 0 Å². The van der Waals surface area contributed by atoms with Gasteiger partial charge >= 0.3 is 5.97 Å². The maximum absolute atomic E-state index is 12.2. The minimum Gasteiger partial charge on any atom is -0.496 e. The Morgan fingerprint density at radius 2 is 2.25 bits per heavy atom. The van der Waals surface area contributed by atoms with Gasteiger partial charge in [0.2, 0.25) is 0 Å². The Balaban J connectivity index is 2.22. The van der Waals surface area contributed by atoms with Gasteiger partial charge in [-0.1, -0.05) is 15.9 Å². The molecule has 0 heterocycles. The lowest BCUT2D eigenvalue weighted by molar-refractivity contribution is -0.145. The highest BCUT2D eigenvalue weighted by atomic mass is 79.9. The quantitative estimate of drug-likeness (QED) is 0.774. The third kappa shape index (κ3) is 3.96. The molecular formula is C15H20BrNO3. The number of methoxy groups -OCH3 is 1. The Labute approximate surface area is 128 Å². The Bertz CT molecular complexity index is 474. The van der Waals surface area contributed by atoms with E-state index in [-0.39, 0.29) is 5.97 Å². The van der Waals surface area contributed by atoms with Gasteiger partial charge in [0.1, 0.15) is 11.8 Å². The highest BCUT2D eigenvalue weighted by molar-refractivity contribution is 9.10. The molecule has 0 spiro atoms. The van der Waals surface area contributed by atoms with E-state index in [1.54, 1.807) is 7.11 Å². The van der Waals surface area contributed by atoms with Crippen molar-refractivity contribution < 1.29 is 14.3 Å². The molecule has 0 saturated heterocycles. The first-order chi connectivity index (χ1) is 9.65. The van der Waals surface area contributed by atoms with E-state index in [1.165, 1.54) is 12.8 Å². The van der Waals surface area contributed by atoms with E-state index in [4.69, 9.17) is 9.47 Å². The zero-order valence-electron chi connectivity index (χ0n) is 11.8. The standard InChI is InChI=1S/C15H20BrNO3/c1-3-20-15(18)14(17-9-10-4-5-10)12-8-11(16)6-7-13(12)19-2/h6-8,10,14,17H,3-5,9H2,1-2H3. The number of rotatable bonds is 7. The van der Waals surface area contributed by atoms with Crippen LogP contribution in [0.15, 0.2) is 22.7 Å². The van der Waals surface area contributed by atoms with Crippen molar-refractivity contribution in [3.05, 3.63) is 28.2 Å². The molecule has 1 N–H and O–H groups in total. The van der Waals surface area contributed by atoms with Gasteiger partial charge in [0.05, 0.1) is 13.7 Å². The van der Waals surface area contributed by atoms with Crippen LogP contribution < -0.4 is 10.1 Å². The molecule has 0 aliphatic heterocycles. The minimum atomic E-state index is -0.483. The Hall–Kier alpha value is -1.07. The zero-order chi connectivity index (χ0) is 14.5. The molecule has 1 saturated carbocycles. The molecule has 0 radical (unpaired) electrons. The van der Waals surface area contributed by atoms with Crippen molar-refractivity contribution in [2.75, 3.05) is 20.3 Å². The number of halogens is 1. The van der Waals surface area contributed by atoms with E-state index >= 15 is 0 Å². The van der Waals surface area contributed by atoms with Crippen LogP contribution in [0.1, 0.15) is 31.4 Å². The minimum absolute atomic E-state index is 0.260. The van der Waals surface area contributed by atoms with E-state index in [9.17, 15) is 4.79 Å². The molecule has 0 amide bonds. The summed E-state index contributed by atoms with van der Waals surface area (Å²) in [6.45, 7) is 3.02. The Morgan fingerprint density at radius 1 is 1.50 bits per heavy atom. The molecule has 1 aromatic rings. The largest absolute Gasteiger partial charge is 0.496 e. The predicted molar refractivity (Wildman–Crippen MR) is 80.8 cm³/mol. The fourth-order valence-corrected chi connectivity index (χ4v) is 2.46. The highest BCUT2D eigenvalue weighted by Crippen LogP contribution is 2.32. The summed E-state index contributed by atoms with van der Waals surface area (Å²) < 4.78 is 11.5. The summed E-state index contributed by atoms with van der Waals surface area (Å²) in [6, 6.07) is 5.17. The second kappa shape index (κ2) is 7.09. The fourth-order valence-electron chi connectivity index (χ4n) is 2.08. The molecule has 1 aliphatic rings.